The zero-order valence-corrected chi connectivity index (χ0v) is 11.0. The molecule has 0 fully saturated rings. The second kappa shape index (κ2) is 3.87. The monoisotopic (exact) mass is 263 g/mol. The fourth-order valence-corrected chi connectivity index (χ4v) is 2.67. The topological polar surface area (TPSA) is 53.3 Å². The lowest BCUT2D eigenvalue weighted by Gasteiger charge is -2.00. The molecule has 0 unspecified atom stereocenters. The van der Waals surface area contributed by atoms with E-state index in [0.29, 0.717) is 0 Å². The third-order valence-electron chi connectivity index (χ3n) is 3.64. The van der Waals surface area contributed by atoms with Gasteiger partial charge in [0.1, 0.15) is 5.75 Å². The first kappa shape index (κ1) is 11.1. The van der Waals surface area contributed by atoms with Crippen molar-refractivity contribution in [3.8, 4) is 17.0 Å². The van der Waals surface area contributed by atoms with E-state index in [4.69, 9.17) is 0 Å². The molecule has 0 atom stereocenters. The van der Waals surface area contributed by atoms with Crippen molar-refractivity contribution >= 4 is 16.8 Å². The molecule has 0 aliphatic heterocycles. The van der Waals surface area contributed by atoms with Crippen LogP contribution in [0.4, 0.5) is 0 Å². The van der Waals surface area contributed by atoms with Crippen LogP contribution in [0.5, 0.6) is 5.75 Å². The Labute approximate surface area is 115 Å². The Kier molecular flexibility index (Phi) is 2.15. The summed E-state index contributed by atoms with van der Waals surface area (Å²) in [5, 5.41) is 9.38. The Morgan fingerprint density at radius 2 is 1.80 bits per heavy atom. The Bertz CT molecular complexity index is 916. The number of hydrogen-bond acceptors (Lipinski definition) is 2. The molecule has 0 spiro atoms. The number of phenols is 1. The van der Waals surface area contributed by atoms with Crippen molar-refractivity contribution in [2.24, 2.45) is 0 Å². The smallest absolute Gasteiger partial charge is 0.213 e. The van der Waals surface area contributed by atoms with E-state index >= 15 is 0 Å². The number of aromatic hydroxyl groups is 1. The van der Waals surface area contributed by atoms with Gasteiger partial charge in [0.25, 0.3) is 0 Å². The normalized spacial score (nSPS) is 11.4. The molecule has 2 aromatic carbocycles. The van der Waals surface area contributed by atoms with Gasteiger partial charge < -0.3 is 10.1 Å². The Morgan fingerprint density at radius 1 is 1.05 bits per heavy atom. The summed E-state index contributed by atoms with van der Waals surface area (Å²) >= 11 is 0. The van der Waals surface area contributed by atoms with Crippen LogP contribution in [0.1, 0.15) is 5.69 Å². The second-order valence-corrected chi connectivity index (χ2v) is 4.89. The van der Waals surface area contributed by atoms with E-state index in [0.717, 1.165) is 33.8 Å². The van der Waals surface area contributed by atoms with E-state index in [1.807, 2.05) is 30.3 Å². The number of aryl methyl sites for hydroxylation is 1. The first-order chi connectivity index (χ1) is 9.74. The summed E-state index contributed by atoms with van der Waals surface area (Å²) in [7, 11) is 0. The van der Waals surface area contributed by atoms with Gasteiger partial charge in [-0.05, 0) is 43.3 Å². The largest absolute Gasteiger partial charge is 0.508 e. The molecule has 98 valence electrons. The van der Waals surface area contributed by atoms with Crippen molar-refractivity contribution in [1.82, 2.24) is 14.4 Å². The van der Waals surface area contributed by atoms with Gasteiger partial charge in [-0.2, -0.15) is 0 Å². The highest BCUT2D eigenvalue weighted by Gasteiger charge is 2.14. The van der Waals surface area contributed by atoms with Gasteiger partial charge in [0.2, 0.25) is 5.78 Å². The number of para-hydroxylation sites is 2. The van der Waals surface area contributed by atoms with Crippen molar-refractivity contribution in [1.29, 1.82) is 0 Å². The van der Waals surface area contributed by atoms with Crippen LogP contribution in [0.25, 0.3) is 28.1 Å². The fourth-order valence-electron chi connectivity index (χ4n) is 2.67. The molecular weight excluding hydrogens is 250 g/mol. The molecule has 4 aromatic rings. The highest BCUT2D eigenvalue weighted by Crippen LogP contribution is 2.28. The molecule has 2 aromatic heterocycles. The third kappa shape index (κ3) is 1.45. The number of phenolic OH excluding ortho intramolecular Hbond substituents is 1. The van der Waals surface area contributed by atoms with Gasteiger partial charge in [0.05, 0.1) is 16.7 Å². The van der Waals surface area contributed by atoms with Crippen molar-refractivity contribution < 1.29 is 5.11 Å². The predicted octanol–water partition coefficient (Wildman–Crippen LogP) is 3.50. The average Bonchev–Trinajstić information content (AvgIpc) is 2.97. The lowest BCUT2D eigenvalue weighted by atomic mass is 10.1. The number of fused-ring (bicyclic) bond motifs is 3. The minimum Gasteiger partial charge on any atom is -0.508 e. The van der Waals surface area contributed by atoms with Crippen molar-refractivity contribution in [3.05, 3.63) is 54.2 Å². The maximum atomic E-state index is 9.38. The second-order valence-electron chi connectivity index (χ2n) is 4.89. The molecule has 20 heavy (non-hydrogen) atoms. The zero-order valence-electron chi connectivity index (χ0n) is 11.0. The summed E-state index contributed by atoms with van der Waals surface area (Å²) in [5.41, 5.74) is 5.22. The number of rotatable bonds is 1. The van der Waals surface area contributed by atoms with Crippen LogP contribution in [0, 0.1) is 6.92 Å². The summed E-state index contributed by atoms with van der Waals surface area (Å²) in [6.07, 6.45) is 0. The SMILES string of the molecule is Cc1c(-c2ccc(O)cc2)nc2[nH]c3ccccc3n12. The van der Waals surface area contributed by atoms with Gasteiger partial charge in [-0.25, -0.2) is 4.98 Å². The number of nitrogens with one attached hydrogen (secondary N) is 1. The summed E-state index contributed by atoms with van der Waals surface area (Å²) < 4.78 is 2.12. The molecular formula is C16H13N3O. The van der Waals surface area contributed by atoms with Crippen LogP contribution in [0.3, 0.4) is 0 Å². The number of H-pyrrole nitrogens is 1. The summed E-state index contributed by atoms with van der Waals surface area (Å²) in [6, 6.07) is 15.3. The standard InChI is InChI=1S/C16H13N3O/c1-10-15(11-6-8-12(20)9-7-11)18-16-17-13-4-2-3-5-14(13)19(10)16/h2-9,20H,1H3,(H,17,18). The highest BCUT2D eigenvalue weighted by molar-refractivity contribution is 5.82. The van der Waals surface area contributed by atoms with Crippen LogP contribution < -0.4 is 0 Å². The molecule has 2 N–H and O–H groups in total. The molecule has 2 heterocycles. The van der Waals surface area contributed by atoms with Crippen LogP contribution in [-0.2, 0) is 0 Å². The first-order valence-electron chi connectivity index (χ1n) is 6.49. The number of imidazole rings is 2. The maximum Gasteiger partial charge on any atom is 0.213 e. The van der Waals surface area contributed by atoms with Gasteiger partial charge in [0.15, 0.2) is 0 Å². The number of nitrogens with zero attached hydrogens (tertiary/aromatic N) is 2. The lowest BCUT2D eigenvalue weighted by Crippen LogP contribution is -1.86. The molecule has 4 rings (SSSR count). The Morgan fingerprint density at radius 3 is 2.60 bits per heavy atom. The molecule has 4 heteroatoms. The molecule has 4 nitrogen and oxygen atoms in total. The minimum atomic E-state index is 0.265. The van der Waals surface area contributed by atoms with Crippen molar-refractivity contribution in [2.75, 3.05) is 0 Å². The minimum absolute atomic E-state index is 0.265. The van der Waals surface area contributed by atoms with Gasteiger partial charge in [-0.15, -0.1) is 0 Å². The van der Waals surface area contributed by atoms with Crippen molar-refractivity contribution in [2.45, 2.75) is 6.92 Å². The summed E-state index contributed by atoms with van der Waals surface area (Å²) in [5.74, 6) is 1.10. The number of benzene rings is 2. The van der Waals surface area contributed by atoms with E-state index in [-0.39, 0.29) is 5.75 Å². The molecule has 0 saturated carbocycles. The maximum absolute atomic E-state index is 9.38. The van der Waals surface area contributed by atoms with E-state index < -0.39 is 0 Å². The van der Waals surface area contributed by atoms with Crippen LogP contribution in [-0.4, -0.2) is 19.5 Å². The van der Waals surface area contributed by atoms with E-state index in [2.05, 4.69) is 27.4 Å². The van der Waals surface area contributed by atoms with E-state index in [9.17, 15) is 5.11 Å². The fraction of sp³-hybridized carbons (Fsp3) is 0.0625. The molecule has 0 bridgehead atoms. The number of aromatic amines is 1. The van der Waals surface area contributed by atoms with E-state index in [1.54, 1.807) is 12.1 Å². The molecule has 0 aliphatic carbocycles. The predicted molar refractivity (Wildman–Crippen MR) is 78.9 cm³/mol. The van der Waals surface area contributed by atoms with Gasteiger partial charge in [0, 0.05) is 11.3 Å². The zero-order chi connectivity index (χ0) is 13.7. The Balaban J connectivity index is 2.02. The molecule has 0 saturated heterocycles. The van der Waals surface area contributed by atoms with Crippen LogP contribution >= 0.6 is 0 Å². The van der Waals surface area contributed by atoms with Crippen LogP contribution in [0.2, 0.25) is 0 Å². The summed E-state index contributed by atoms with van der Waals surface area (Å²) in [6.45, 7) is 2.06. The van der Waals surface area contributed by atoms with Gasteiger partial charge in [-0.1, -0.05) is 12.1 Å². The van der Waals surface area contributed by atoms with Crippen LogP contribution in [0.15, 0.2) is 48.5 Å². The lowest BCUT2D eigenvalue weighted by molar-refractivity contribution is 0.475. The summed E-state index contributed by atoms with van der Waals surface area (Å²) in [4.78, 5) is 8.00. The third-order valence-corrected chi connectivity index (χ3v) is 3.64. The van der Waals surface area contributed by atoms with Crippen molar-refractivity contribution in [3.63, 3.8) is 0 Å². The quantitative estimate of drug-likeness (QED) is 0.552. The highest BCUT2D eigenvalue weighted by atomic mass is 16.3. The number of aromatic nitrogens is 3. The van der Waals surface area contributed by atoms with Gasteiger partial charge in [-0.3, -0.25) is 4.40 Å². The van der Waals surface area contributed by atoms with E-state index in [1.165, 1.54) is 0 Å². The average molecular weight is 263 g/mol. The molecule has 0 radical (unpaired) electrons. The number of hydrogen-bond donors (Lipinski definition) is 2. The molecule has 0 amide bonds. The Hall–Kier alpha value is -2.75. The first-order valence-corrected chi connectivity index (χ1v) is 6.49. The van der Waals surface area contributed by atoms with Gasteiger partial charge >= 0.3 is 0 Å². The molecule has 0 aliphatic rings.